The minimum Gasteiger partial charge on any atom is -0.504 e. The van der Waals surface area contributed by atoms with Gasteiger partial charge in [-0.25, -0.2) is 4.79 Å². The molecule has 0 saturated heterocycles. The Morgan fingerprint density at radius 3 is 2.30 bits per heavy atom. The number of halogens is 1. The fraction of sp³-hybridized carbons (Fsp3) is 0.263. The number of phenols is 2. The number of ether oxygens (including phenoxy) is 2. The van der Waals surface area contributed by atoms with Crippen LogP contribution in [-0.4, -0.2) is 41.4 Å². The van der Waals surface area contributed by atoms with Crippen LogP contribution in [0.15, 0.2) is 48.5 Å². The first kappa shape index (κ1) is 22.3. The quantitative estimate of drug-likeness (QED) is 0.356. The molecule has 0 amide bonds. The SMILES string of the molecule is Cl.N[C@@H](Cc1ccc(O)c(O)c1)C(=O)OCCCOC(=O)c1ccccc1. The van der Waals surface area contributed by atoms with Crippen molar-refractivity contribution < 1.29 is 29.3 Å². The number of phenolic OH excluding ortho intramolecular Hbond substituents is 2. The number of hydrogen-bond donors (Lipinski definition) is 3. The molecule has 2 rings (SSSR count). The predicted octanol–water partition coefficient (Wildman–Crippen LogP) is 2.18. The molecule has 0 aliphatic rings. The molecular formula is C19H22ClNO6. The van der Waals surface area contributed by atoms with Crippen LogP contribution in [0.1, 0.15) is 22.3 Å². The summed E-state index contributed by atoms with van der Waals surface area (Å²) >= 11 is 0. The van der Waals surface area contributed by atoms with Crippen LogP contribution in [0.5, 0.6) is 11.5 Å². The molecule has 1 atom stereocenters. The highest BCUT2D eigenvalue weighted by atomic mass is 35.5. The summed E-state index contributed by atoms with van der Waals surface area (Å²) in [6.07, 6.45) is 0.521. The molecule has 0 aliphatic heterocycles. The molecule has 0 unspecified atom stereocenters. The van der Waals surface area contributed by atoms with Crippen LogP contribution in [0.4, 0.5) is 0 Å². The van der Waals surface area contributed by atoms with Crippen LogP contribution < -0.4 is 5.73 Å². The van der Waals surface area contributed by atoms with Gasteiger partial charge in [0, 0.05) is 6.42 Å². The molecule has 0 aromatic heterocycles. The van der Waals surface area contributed by atoms with Gasteiger partial charge in [0.1, 0.15) is 6.04 Å². The van der Waals surface area contributed by atoms with E-state index in [9.17, 15) is 19.8 Å². The summed E-state index contributed by atoms with van der Waals surface area (Å²) in [6, 6.07) is 11.9. The molecule has 0 radical (unpaired) electrons. The van der Waals surface area contributed by atoms with Gasteiger partial charge in [0.05, 0.1) is 18.8 Å². The number of hydrogen-bond acceptors (Lipinski definition) is 7. The third-order valence-electron chi connectivity index (χ3n) is 3.57. The third-order valence-corrected chi connectivity index (χ3v) is 3.57. The highest BCUT2D eigenvalue weighted by Gasteiger charge is 2.16. The Kier molecular flexibility index (Phi) is 9.12. The maximum Gasteiger partial charge on any atom is 0.338 e. The molecule has 0 fully saturated rings. The zero-order valence-corrected chi connectivity index (χ0v) is 15.4. The van der Waals surface area contributed by atoms with E-state index in [1.54, 1.807) is 36.4 Å². The Morgan fingerprint density at radius 1 is 0.963 bits per heavy atom. The van der Waals surface area contributed by atoms with E-state index in [2.05, 4.69) is 0 Å². The van der Waals surface area contributed by atoms with Crippen LogP contribution in [0.3, 0.4) is 0 Å². The summed E-state index contributed by atoms with van der Waals surface area (Å²) in [5.41, 5.74) is 6.83. The molecule has 0 spiro atoms. The molecule has 2 aromatic rings. The van der Waals surface area contributed by atoms with Crippen molar-refractivity contribution >= 4 is 24.3 Å². The second kappa shape index (κ2) is 11.1. The van der Waals surface area contributed by atoms with Crippen molar-refractivity contribution in [2.45, 2.75) is 18.9 Å². The number of aromatic hydroxyl groups is 2. The minimum atomic E-state index is -0.897. The lowest BCUT2D eigenvalue weighted by Gasteiger charge is -2.12. The molecule has 7 nitrogen and oxygen atoms in total. The highest BCUT2D eigenvalue weighted by molar-refractivity contribution is 5.89. The molecular weight excluding hydrogens is 374 g/mol. The first-order valence-corrected chi connectivity index (χ1v) is 8.12. The molecule has 27 heavy (non-hydrogen) atoms. The van der Waals surface area contributed by atoms with E-state index in [-0.39, 0.29) is 43.5 Å². The van der Waals surface area contributed by atoms with Gasteiger partial charge in [-0.05, 0) is 36.2 Å². The molecule has 0 aliphatic carbocycles. The minimum absolute atomic E-state index is 0. The number of esters is 2. The van der Waals surface area contributed by atoms with E-state index in [0.29, 0.717) is 17.5 Å². The molecule has 4 N–H and O–H groups in total. The third kappa shape index (κ3) is 7.16. The van der Waals surface area contributed by atoms with E-state index >= 15 is 0 Å². The van der Waals surface area contributed by atoms with Gasteiger partial charge >= 0.3 is 11.9 Å². The van der Waals surface area contributed by atoms with Gasteiger partial charge in [0.15, 0.2) is 11.5 Å². The van der Waals surface area contributed by atoms with Crippen molar-refractivity contribution in [1.82, 2.24) is 0 Å². The van der Waals surface area contributed by atoms with E-state index in [1.165, 1.54) is 12.1 Å². The zero-order chi connectivity index (χ0) is 18.9. The van der Waals surface area contributed by atoms with Gasteiger partial charge in [-0.2, -0.15) is 0 Å². The first-order valence-electron chi connectivity index (χ1n) is 8.12. The number of carbonyl (C=O) groups excluding carboxylic acids is 2. The Labute approximate surface area is 163 Å². The number of nitrogens with two attached hydrogens (primary N) is 1. The van der Waals surface area contributed by atoms with Crippen molar-refractivity contribution in [2.75, 3.05) is 13.2 Å². The van der Waals surface area contributed by atoms with Crippen LogP contribution >= 0.6 is 12.4 Å². The Morgan fingerprint density at radius 2 is 1.63 bits per heavy atom. The fourth-order valence-electron chi connectivity index (χ4n) is 2.19. The summed E-state index contributed by atoms with van der Waals surface area (Å²) in [5.74, 6) is -1.54. The zero-order valence-electron chi connectivity index (χ0n) is 14.5. The van der Waals surface area contributed by atoms with Crippen LogP contribution in [0.25, 0.3) is 0 Å². The average molecular weight is 396 g/mol. The molecule has 146 valence electrons. The number of rotatable bonds is 8. The van der Waals surface area contributed by atoms with E-state index in [1.807, 2.05) is 0 Å². The van der Waals surface area contributed by atoms with Gasteiger partial charge < -0.3 is 25.4 Å². The van der Waals surface area contributed by atoms with Gasteiger partial charge in [-0.1, -0.05) is 24.3 Å². The highest BCUT2D eigenvalue weighted by Crippen LogP contribution is 2.25. The lowest BCUT2D eigenvalue weighted by Crippen LogP contribution is -2.34. The Hall–Kier alpha value is -2.77. The Bertz CT molecular complexity index is 753. The van der Waals surface area contributed by atoms with Gasteiger partial charge in [-0.3, -0.25) is 4.79 Å². The number of benzene rings is 2. The van der Waals surface area contributed by atoms with E-state index in [4.69, 9.17) is 15.2 Å². The van der Waals surface area contributed by atoms with Crippen molar-refractivity contribution in [2.24, 2.45) is 5.73 Å². The monoisotopic (exact) mass is 395 g/mol. The van der Waals surface area contributed by atoms with Crippen molar-refractivity contribution in [3.8, 4) is 11.5 Å². The van der Waals surface area contributed by atoms with Crippen LogP contribution in [-0.2, 0) is 20.7 Å². The van der Waals surface area contributed by atoms with Crippen LogP contribution in [0.2, 0.25) is 0 Å². The molecule has 0 bridgehead atoms. The van der Waals surface area contributed by atoms with Crippen molar-refractivity contribution in [3.63, 3.8) is 0 Å². The van der Waals surface area contributed by atoms with Gasteiger partial charge in [0.2, 0.25) is 0 Å². The first-order chi connectivity index (χ1) is 12.5. The smallest absolute Gasteiger partial charge is 0.338 e. The summed E-state index contributed by atoms with van der Waals surface area (Å²) in [5, 5.41) is 18.7. The van der Waals surface area contributed by atoms with E-state index < -0.39 is 18.0 Å². The standard InChI is InChI=1S/C19H21NO6.ClH/c20-15(11-13-7-8-16(21)17(22)12-13)19(24)26-10-4-9-25-18(23)14-5-2-1-3-6-14;/h1-3,5-8,12,15,21-22H,4,9-11,20H2;1H/t15-;/m0./s1. The molecule has 0 saturated carbocycles. The van der Waals surface area contributed by atoms with Gasteiger partial charge in [-0.15, -0.1) is 12.4 Å². The second-order valence-electron chi connectivity index (χ2n) is 5.66. The maximum atomic E-state index is 11.9. The normalized spacial score (nSPS) is 11.1. The predicted molar refractivity (Wildman–Crippen MR) is 101 cm³/mol. The summed E-state index contributed by atoms with van der Waals surface area (Å²) < 4.78 is 10.1. The Balaban J connectivity index is 0.00000364. The van der Waals surface area contributed by atoms with Gasteiger partial charge in [0.25, 0.3) is 0 Å². The summed E-state index contributed by atoms with van der Waals surface area (Å²) in [6.45, 7) is 0.206. The lowest BCUT2D eigenvalue weighted by molar-refractivity contribution is -0.145. The topological polar surface area (TPSA) is 119 Å². The molecule has 8 heteroatoms. The molecule has 2 aromatic carbocycles. The van der Waals surface area contributed by atoms with E-state index in [0.717, 1.165) is 0 Å². The van der Waals surface area contributed by atoms with Crippen LogP contribution in [0, 0.1) is 0 Å². The second-order valence-corrected chi connectivity index (χ2v) is 5.66. The lowest BCUT2D eigenvalue weighted by atomic mass is 10.1. The summed E-state index contributed by atoms with van der Waals surface area (Å²) in [4.78, 5) is 23.6. The average Bonchev–Trinajstić information content (AvgIpc) is 2.64. The summed E-state index contributed by atoms with van der Waals surface area (Å²) in [7, 11) is 0. The maximum absolute atomic E-state index is 11.9. The molecule has 0 heterocycles. The van der Waals surface area contributed by atoms with Crippen molar-refractivity contribution in [3.05, 3.63) is 59.7 Å². The largest absolute Gasteiger partial charge is 0.504 e. The number of carbonyl (C=O) groups is 2. The van der Waals surface area contributed by atoms with Crippen molar-refractivity contribution in [1.29, 1.82) is 0 Å². The fourth-order valence-corrected chi connectivity index (χ4v) is 2.19.